The molecule has 1 aromatic rings. The summed E-state index contributed by atoms with van der Waals surface area (Å²) in [5.74, 6) is -1.12. The maximum atomic E-state index is 12.1. The van der Waals surface area contributed by atoms with Crippen LogP contribution in [0.4, 0.5) is 18.9 Å². The maximum absolute atomic E-state index is 12.1. The van der Waals surface area contributed by atoms with Crippen molar-refractivity contribution in [2.45, 2.75) is 38.9 Å². The lowest BCUT2D eigenvalue weighted by Crippen LogP contribution is -2.33. The molecular formula is C15H21ClF3N3O2. The van der Waals surface area contributed by atoms with E-state index in [1.807, 2.05) is 0 Å². The minimum Gasteiger partial charge on any atom is -0.343 e. The van der Waals surface area contributed by atoms with E-state index in [0.29, 0.717) is 17.7 Å². The summed E-state index contributed by atoms with van der Waals surface area (Å²) in [5.41, 5.74) is 6.70. The number of carbonyl (C=O) groups excluding carboxylic acids is 2. The highest BCUT2D eigenvalue weighted by Gasteiger charge is 2.28. The van der Waals surface area contributed by atoms with Crippen molar-refractivity contribution in [2.24, 2.45) is 5.73 Å². The summed E-state index contributed by atoms with van der Waals surface area (Å²) in [6.07, 6.45) is -3.74. The molecule has 1 aromatic carbocycles. The average Bonchev–Trinajstić information content (AvgIpc) is 2.44. The summed E-state index contributed by atoms with van der Waals surface area (Å²) in [5, 5.41) is 4.42. The Bertz CT molecular complexity index is 578. The number of benzene rings is 1. The lowest BCUT2D eigenvalue weighted by Gasteiger charge is -2.12. The molecule has 0 saturated heterocycles. The largest absolute Gasteiger partial charge is 0.405 e. The van der Waals surface area contributed by atoms with Gasteiger partial charge < -0.3 is 16.4 Å². The fourth-order valence-corrected chi connectivity index (χ4v) is 1.75. The predicted octanol–water partition coefficient (Wildman–Crippen LogP) is 2.77. The molecule has 0 saturated carbocycles. The number of amides is 2. The van der Waals surface area contributed by atoms with Gasteiger partial charge in [-0.2, -0.15) is 13.2 Å². The molecule has 24 heavy (non-hydrogen) atoms. The van der Waals surface area contributed by atoms with E-state index in [1.165, 1.54) is 12.1 Å². The Balaban J connectivity index is 0.00000529. The molecule has 0 radical (unpaired) electrons. The number of carbonyl (C=O) groups is 2. The van der Waals surface area contributed by atoms with E-state index >= 15 is 0 Å². The number of nitrogens with one attached hydrogen (secondary N) is 2. The van der Waals surface area contributed by atoms with Crippen molar-refractivity contribution in [3.05, 3.63) is 29.3 Å². The minimum atomic E-state index is -4.48. The molecule has 0 aliphatic heterocycles. The first kappa shape index (κ1) is 22.2. The molecule has 0 heterocycles. The second-order valence-corrected chi connectivity index (χ2v) is 5.39. The fourth-order valence-electron chi connectivity index (χ4n) is 1.75. The second kappa shape index (κ2) is 9.48. The third-order valence-corrected chi connectivity index (χ3v) is 3.05. The zero-order valence-corrected chi connectivity index (χ0v) is 14.2. The summed E-state index contributed by atoms with van der Waals surface area (Å²) < 4.78 is 36.3. The van der Waals surface area contributed by atoms with Gasteiger partial charge in [0.2, 0.25) is 5.91 Å². The summed E-state index contributed by atoms with van der Waals surface area (Å²) >= 11 is 0. The Hall–Kier alpha value is -1.80. The van der Waals surface area contributed by atoms with Crippen LogP contribution in [-0.2, 0) is 4.79 Å². The molecule has 5 nitrogen and oxygen atoms in total. The van der Waals surface area contributed by atoms with Gasteiger partial charge in [-0.15, -0.1) is 12.4 Å². The lowest BCUT2D eigenvalue weighted by molar-refractivity contribution is -0.123. The van der Waals surface area contributed by atoms with Gasteiger partial charge in [0.25, 0.3) is 5.91 Å². The summed E-state index contributed by atoms with van der Waals surface area (Å²) in [4.78, 5) is 23.5. The van der Waals surface area contributed by atoms with Crippen LogP contribution < -0.4 is 16.4 Å². The molecular weight excluding hydrogens is 347 g/mol. The van der Waals surface area contributed by atoms with Crippen LogP contribution in [0.15, 0.2) is 18.2 Å². The second-order valence-electron chi connectivity index (χ2n) is 5.39. The van der Waals surface area contributed by atoms with E-state index in [0.717, 1.165) is 0 Å². The van der Waals surface area contributed by atoms with Crippen LogP contribution in [0.3, 0.4) is 0 Å². The standard InChI is InChI=1S/C15H20F3N3O2.ClH/c1-9-3-5-11(14(23)20-8-15(16,17)18)7-12(9)21-13(22)6-4-10(2)19;/h3,5,7,10H,4,6,8,19H2,1-2H3,(H,20,23)(H,21,22);1H. The van der Waals surface area contributed by atoms with Gasteiger partial charge in [0.1, 0.15) is 6.54 Å². The molecule has 136 valence electrons. The number of hydrogen-bond donors (Lipinski definition) is 3. The molecule has 1 unspecified atom stereocenters. The average molecular weight is 368 g/mol. The number of nitrogens with two attached hydrogens (primary N) is 1. The quantitative estimate of drug-likeness (QED) is 0.722. The normalized spacial score (nSPS) is 12.1. The molecule has 0 aliphatic rings. The van der Waals surface area contributed by atoms with E-state index in [9.17, 15) is 22.8 Å². The van der Waals surface area contributed by atoms with Gasteiger partial charge in [-0.3, -0.25) is 9.59 Å². The maximum Gasteiger partial charge on any atom is 0.405 e. The highest BCUT2D eigenvalue weighted by molar-refractivity contribution is 5.97. The smallest absolute Gasteiger partial charge is 0.343 e. The van der Waals surface area contributed by atoms with E-state index in [4.69, 9.17) is 5.73 Å². The molecule has 2 amide bonds. The molecule has 1 rings (SSSR count). The summed E-state index contributed by atoms with van der Waals surface area (Å²) in [6.45, 7) is 2.10. The van der Waals surface area contributed by atoms with E-state index < -0.39 is 18.6 Å². The molecule has 9 heteroatoms. The van der Waals surface area contributed by atoms with Crippen molar-refractivity contribution in [1.29, 1.82) is 0 Å². The van der Waals surface area contributed by atoms with Crippen LogP contribution in [0.2, 0.25) is 0 Å². The lowest BCUT2D eigenvalue weighted by atomic mass is 10.1. The van der Waals surface area contributed by atoms with E-state index in [2.05, 4.69) is 5.32 Å². The van der Waals surface area contributed by atoms with Crippen LogP contribution in [0.5, 0.6) is 0 Å². The molecule has 0 fully saturated rings. The van der Waals surface area contributed by atoms with E-state index in [-0.39, 0.29) is 36.3 Å². The summed E-state index contributed by atoms with van der Waals surface area (Å²) in [6, 6.07) is 4.20. The zero-order valence-electron chi connectivity index (χ0n) is 13.4. The number of aryl methyl sites for hydroxylation is 1. The zero-order chi connectivity index (χ0) is 17.6. The highest BCUT2D eigenvalue weighted by Crippen LogP contribution is 2.18. The number of halogens is 4. The Morgan fingerprint density at radius 1 is 1.29 bits per heavy atom. The minimum absolute atomic E-state index is 0. The molecule has 0 aromatic heterocycles. The Morgan fingerprint density at radius 2 is 1.92 bits per heavy atom. The summed E-state index contributed by atoms with van der Waals surface area (Å²) in [7, 11) is 0. The van der Waals surface area contributed by atoms with Crippen LogP contribution in [0, 0.1) is 6.92 Å². The number of rotatable bonds is 6. The molecule has 1 atom stereocenters. The van der Waals surface area contributed by atoms with Crippen LogP contribution in [0.1, 0.15) is 35.7 Å². The first-order valence-electron chi connectivity index (χ1n) is 7.09. The first-order chi connectivity index (χ1) is 10.6. The van der Waals surface area contributed by atoms with Gasteiger partial charge in [-0.25, -0.2) is 0 Å². The monoisotopic (exact) mass is 367 g/mol. The van der Waals surface area contributed by atoms with Crippen molar-refractivity contribution in [3.8, 4) is 0 Å². The van der Waals surface area contributed by atoms with Gasteiger partial charge in [-0.05, 0) is 38.0 Å². The van der Waals surface area contributed by atoms with Crippen molar-refractivity contribution >= 4 is 29.9 Å². The van der Waals surface area contributed by atoms with Crippen LogP contribution in [0.25, 0.3) is 0 Å². The van der Waals surface area contributed by atoms with Gasteiger partial charge in [-0.1, -0.05) is 6.07 Å². The van der Waals surface area contributed by atoms with Gasteiger partial charge >= 0.3 is 6.18 Å². The third-order valence-electron chi connectivity index (χ3n) is 3.05. The third kappa shape index (κ3) is 8.16. The Morgan fingerprint density at radius 3 is 2.46 bits per heavy atom. The van der Waals surface area contributed by atoms with Gasteiger partial charge in [0.05, 0.1) is 0 Å². The number of anilines is 1. The van der Waals surface area contributed by atoms with E-state index in [1.54, 1.807) is 25.2 Å². The number of hydrogen-bond acceptors (Lipinski definition) is 3. The molecule has 0 bridgehead atoms. The van der Waals surface area contributed by atoms with Crippen molar-refractivity contribution in [1.82, 2.24) is 5.32 Å². The van der Waals surface area contributed by atoms with Crippen molar-refractivity contribution in [3.63, 3.8) is 0 Å². The SMILES string of the molecule is Cc1ccc(C(=O)NCC(F)(F)F)cc1NC(=O)CCC(C)N.Cl. The van der Waals surface area contributed by atoms with Crippen LogP contribution >= 0.6 is 12.4 Å². The van der Waals surface area contributed by atoms with Crippen LogP contribution in [-0.4, -0.2) is 30.6 Å². The van der Waals surface area contributed by atoms with Gasteiger partial charge in [0, 0.05) is 23.7 Å². The molecule has 0 spiro atoms. The Labute approximate surface area is 144 Å². The van der Waals surface area contributed by atoms with Gasteiger partial charge in [0.15, 0.2) is 0 Å². The predicted molar refractivity (Wildman–Crippen MR) is 88.3 cm³/mol. The van der Waals surface area contributed by atoms with Crippen molar-refractivity contribution in [2.75, 3.05) is 11.9 Å². The van der Waals surface area contributed by atoms with Crippen molar-refractivity contribution < 1.29 is 22.8 Å². The first-order valence-corrected chi connectivity index (χ1v) is 7.09. The Kier molecular flexibility index (Phi) is 8.77. The topological polar surface area (TPSA) is 84.2 Å². The highest BCUT2D eigenvalue weighted by atomic mass is 35.5. The fraction of sp³-hybridized carbons (Fsp3) is 0.467. The molecule has 4 N–H and O–H groups in total. The number of alkyl halides is 3. The molecule has 0 aliphatic carbocycles.